The summed E-state index contributed by atoms with van der Waals surface area (Å²) in [5, 5.41) is 6.97. The van der Waals surface area contributed by atoms with Crippen molar-refractivity contribution in [2.45, 2.75) is 38.8 Å². The van der Waals surface area contributed by atoms with Gasteiger partial charge in [0.15, 0.2) is 0 Å². The summed E-state index contributed by atoms with van der Waals surface area (Å²) >= 11 is 0. The lowest BCUT2D eigenvalue weighted by Gasteiger charge is -2.23. The molecule has 1 aliphatic rings. The number of rotatable bonds is 4. The first-order chi connectivity index (χ1) is 7.84. The van der Waals surface area contributed by atoms with Gasteiger partial charge in [0.05, 0.1) is 5.69 Å². The predicted octanol–water partition coefficient (Wildman–Crippen LogP) is 1.02. The fourth-order valence-electron chi connectivity index (χ4n) is 2.08. The van der Waals surface area contributed by atoms with Gasteiger partial charge in [0.25, 0.3) is 0 Å². The van der Waals surface area contributed by atoms with Crippen LogP contribution in [0.2, 0.25) is 0 Å². The second kappa shape index (κ2) is 5.92. The van der Waals surface area contributed by atoms with Crippen LogP contribution in [0.4, 0.5) is 0 Å². The Morgan fingerprint density at radius 1 is 1.50 bits per heavy atom. The van der Waals surface area contributed by atoms with Gasteiger partial charge in [-0.1, -0.05) is 6.42 Å². The Bertz CT molecular complexity index is 321. The molecular formula is C12H20N4. The van der Waals surface area contributed by atoms with E-state index in [4.69, 9.17) is 0 Å². The van der Waals surface area contributed by atoms with Crippen molar-refractivity contribution >= 4 is 0 Å². The number of hydrogen-bond donors (Lipinski definition) is 2. The minimum Gasteiger partial charge on any atom is -0.313 e. The summed E-state index contributed by atoms with van der Waals surface area (Å²) in [7, 11) is 0. The molecule has 0 aliphatic carbocycles. The van der Waals surface area contributed by atoms with Crippen LogP contribution in [0.3, 0.4) is 0 Å². The zero-order valence-corrected chi connectivity index (χ0v) is 9.87. The van der Waals surface area contributed by atoms with Crippen LogP contribution in [-0.2, 0) is 6.54 Å². The number of hydrogen-bond acceptors (Lipinski definition) is 4. The number of nitrogens with zero attached hydrogens (tertiary/aromatic N) is 2. The lowest BCUT2D eigenvalue weighted by Crippen LogP contribution is -2.41. The van der Waals surface area contributed by atoms with Gasteiger partial charge in [-0.2, -0.15) is 0 Å². The number of aromatic nitrogens is 2. The third kappa shape index (κ3) is 3.54. The molecule has 1 aliphatic heterocycles. The van der Waals surface area contributed by atoms with Gasteiger partial charge in [-0.25, -0.2) is 9.97 Å². The average molecular weight is 220 g/mol. The molecule has 0 saturated carbocycles. The van der Waals surface area contributed by atoms with Crippen molar-refractivity contribution in [2.75, 3.05) is 13.1 Å². The molecule has 0 bridgehead atoms. The Kier molecular flexibility index (Phi) is 4.25. The van der Waals surface area contributed by atoms with Gasteiger partial charge in [-0.3, -0.25) is 0 Å². The average Bonchev–Trinajstić information content (AvgIpc) is 2.30. The SMILES string of the molecule is Cc1nccc(CNCC2CCCCN2)n1. The van der Waals surface area contributed by atoms with E-state index in [1.165, 1.54) is 25.8 Å². The summed E-state index contributed by atoms with van der Waals surface area (Å²) in [5.41, 5.74) is 1.07. The molecule has 1 unspecified atom stereocenters. The van der Waals surface area contributed by atoms with Crippen molar-refractivity contribution < 1.29 is 0 Å². The Morgan fingerprint density at radius 2 is 2.44 bits per heavy atom. The van der Waals surface area contributed by atoms with E-state index in [1.807, 2.05) is 19.2 Å². The fourth-order valence-corrected chi connectivity index (χ4v) is 2.08. The van der Waals surface area contributed by atoms with Gasteiger partial charge in [0, 0.05) is 25.3 Å². The van der Waals surface area contributed by atoms with Gasteiger partial charge >= 0.3 is 0 Å². The minimum absolute atomic E-state index is 0.636. The smallest absolute Gasteiger partial charge is 0.125 e. The topological polar surface area (TPSA) is 49.8 Å². The third-order valence-corrected chi connectivity index (χ3v) is 2.94. The Morgan fingerprint density at radius 3 is 3.19 bits per heavy atom. The largest absolute Gasteiger partial charge is 0.313 e. The number of nitrogens with one attached hydrogen (secondary N) is 2. The van der Waals surface area contributed by atoms with Gasteiger partial charge in [0.1, 0.15) is 5.82 Å². The Hall–Kier alpha value is -1.00. The van der Waals surface area contributed by atoms with Crippen LogP contribution in [0, 0.1) is 6.92 Å². The van der Waals surface area contributed by atoms with Crippen LogP contribution in [0.5, 0.6) is 0 Å². The molecule has 0 amide bonds. The first-order valence-electron chi connectivity index (χ1n) is 6.07. The lowest BCUT2D eigenvalue weighted by atomic mass is 10.1. The molecule has 0 radical (unpaired) electrons. The van der Waals surface area contributed by atoms with E-state index in [2.05, 4.69) is 20.6 Å². The standard InChI is InChI=1S/C12H20N4/c1-10-14-7-5-12(16-10)9-13-8-11-4-2-3-6-15-11/h5,7,11,13,15H,2-4,6,8-9H2,1H3. The van der Waals surface area contributed by atoms with Crippen LogP contribution < -0.4 is 10.6 Å². The molecule has 1 aromatic heterocycles. The molecule has 1 atom stereocenters. The molecule has 4 nitrogen and oxygen atoms in total. The van der Waals surface area contributed by atoms with Crippen molar-refractivity contribution in [1.29, 1.82) is 0 Å². The molecule has 2 N–H and O–H groups in total. The van der Waals surface area contributed by atoms with Crippen molar-refractivity contribution in [1.82, 2.24) is 20.6 Å². The summed E-state index contributed by atoms with van der Waals surface area (Å²) in [6.45, 7) is 4.95. The second-order valence-electron chi connectivity index (χ2n) is 4.37. The molecule has 16 heavy (non-hydrogen) atoms. The van der Waals surface area contributed by atoms with Crippen LogP contribution in [0.15, 0.2) is 12.3 Å². The quantitative estimate of drug-likeness (QED) is 0.795. The zero-order valence-electron chi connectivity index (χ0n) is 9.87. The van der Waals surface area contributed by atoms with Crippen LogP contribution in [0.1, 0.15) is 30.8 Å². The van der Waals surface area contributed by atoms with Crippen LogP contribution >= 0.6 is 0 Å². The molecule has 1 aromatic rings. The lowest BCUT2D eigenvalue weighted by molar-refractivity contribution is 0.382. The normalized spacial score (nSPS) is 20.9. The van der Waals surface area contributed by atoms with E-state index in [0.29, 0.717) is 6.04 Å². The monoisotopic (exact) mass is 220 g/mol. The summed E-state index contributed by atoms with van der Waals surface area (Å²) in [6.07, 6.45) is 5.78. The van der Waals surface area contributed by atoms with Crippen LogP contribution in [-0.4, -0.2) is 29.1 Å². The maximum Gasteiger partial charge on any atom is 0.125 e. The first kappa shape index (κ1) is 11.5. The molecule has 0 aromatic carbocycles. The first-order valence-corrected chi connectivity index (χ1v) is 6.07. The highest BCUT2D eigenvalue weighted by molar-refractivity contribution is 5.01. The van der Waals surface area contributed by atoms with Gasteiger partial charge in [-0.15, -0.1) is 0 Å². The fraction of sp³-hybridized carbons (Fsp3) is 0.667. The molecule has 2 rings (SSSR count). The Labute approximate surface area is 96.9 Å². The molecule has 88 valence electrons. The molecule has 2 heterocycles. The van der Waals surface area contributed by atoms with Crippen LogP contribution in [0.25, 0.3) is 0 Å². The van der Waals surface area contributed by atoms with Crippen molar-refractivity contribution in [3.05, 3.63) is 23.8 Å². The molecule has 1 saturated heterocycles. The maximum absolute atomic E-state index is 4.36. The third-order valence-electron chi connectivity index (χ3n) is 2.94. The number of piperidine rings is 1. The van der Waals surface area contributed by atoms with Crippen molar-refractivity contribution in [2.24, 2.45) is 0 Å². The molecule has 1 fully saturated rings. The summed E-state index contributed by atoms with van der Waals surface area (Å²) in [6, 6.07) is 2.60. The molecular weight excluding hydrogens is 200 g/mol. The van der Waals surface area contributed by atoms with E-state index in [0.717, 1.165) is 24.6 Å². The van der Waals surface area contributed by atoms with Gasteiger partial charge < -0.3 is 10.6 Å². The summed E-state index contributed by atoms with van der Waals surface area (Å²) in [4.78, 5) is 8.45. The highest BCUT2D eigenvalue weighted by Crippen LogP contribution is 2.05. The molecule has 0 spiro atoms. The molecule has 4 heteroatoms. The van der Waals surface area contributed by atoms with Gasteiger partial charge in [-0.05, 0) is 32.4 Å². The summed E-state index contributed by atoms with van der Waals surface area (Å²) in [5.74, 6) is 0.843. The van der Waals surface area contributed by atoms with E-state index in [9.17, 15) is 0 Å². The second-order valence-corrected chi connectivity index (χ2v) is 4.37. The maximum atomic E-state index is 4.36. The zero-order chi connectivity index (χ0) is 11.2. The van der Waals surface area contributed by atoms with E-state index < -0.39 is 0 Å². The van der Waals surface area contributed by atoms with Gasteiger partial charge in [0.2, 0.25) is 0 Å². The minimum atomic E-state index is 0.636. The predicted molar refractivity (Wildman–Crippen MR) is 64.1 cm³/mol. The highest BCUT2D eigenvalue weighted by Gasteiger charge is 2.11. The van der Waals surface area contributed by atoms with E-state index in [-0.39, 0.29) is 0 Å². The van der Waals surface area contributed by atoms with E-state index in [1.54, 1.807) is 0 Å². The number of aryl methyl sites for hydroxylation is 1. The van der Waals surface area contributed by atoms with Crippen molar-refractivity contribution in [3.63, 3.8) is 0 Å². The van der Waals surface area contributed by atoms with E-state index >= 15 is 0 Å². The highest BCUT2D eigenvalue weighted by atomic mass is 15.0. The Balaban J connectivity index is 1.71. The summed E-state index contributed by atoms with van der Waals surface area (Å²) < 4.78 is 0. The van der Waals surface area contributed by atoms with Crippen molar-refractivity contribution in [3.8, 4) is 0 Å².